The molecule has 0 atom stereocenters. The number of amides is 1. The van der Waals surface area contributed by atoms with E-state index in [1.165, 1.54) is 24.4 Å². The lowest BCUT2D eigenvalue weighted by molar-refractivity contribution is 0.0955. The lowest BCUT2D eigenvalue weighted by atomic mass is 10.2. The number of hydrogen-bond donors (Lipinski definition) is 2. The summed E-state index contributed by atoms with van der Waals surface area (Å²) < 4.78 is 28.1. The molecule has 0 fully saturated rings. The number of nitrogens with zero attached hydrogens (tertiary/aromatic N) is 1. The molecule has 138 valence electrons. The Morgan fingerprint density at radius 2 is 1.85 bits per heavy atom. The van der Waals surface area contributed by atoms with E-state index < -0.39 is 15.9 Å². The highest BCUT2D eigenvalue weighted by Crippen LogP contribution is 2.23. The molecule has 0 radical (unpaired) electrons. The van der Waals surface area contributed by atoms with Gasteiger partial charge < -0.3 is 4.42 Å². The zero-order chi connectivity index (χ0) is 19.4. The lowest BCUT2D eigenvalue weighted by Gasteiger charge is -2.00. The lowest BCUT2D eigenvalue weighted by Crippen LogP contribution is -2.17. The number of rotatable bonds is 5. The molecule has 3 rings (SSSR count). The first-order valence-electron chi connectivity index (χ1n) is 7.65. The average Bonchev–Trinajstić information content (AvgIpc) is 3.10. The predicted octanol–water partition coefficient (Wildman–Crippen LogP) is 3.01. The fraction of sp³-hybridized carbons (Fsp3) is 0. The minimum atomic E-state index is -3.74. The molecule has 0 aliphatic heterocycles. The topological polar surface area (TPSA) is 115 Å². The molecular formula is C18H14ClN3O4S. The maximum Gasteiger partial charge on any atom is 0.271 e. The highest BCUT2D eigenvalue weighted by molar-refractivity contribution is 7.89. The van der Waals surface area contributed by atoms with Crippen molar-refractivity contribution in [2.24, 2.45) is 10.2 Å². The molecule has 3 aromatic rings. The van der Waals surface area contributed by atoms with Crippen molar-refractivity contribution in [3.63, 3.8) is 0 Å². The Morgan fingerprint density at radius 3 is 2.52 bits per heavy atom. The Hall–Kier alpha value is -2.94. The van der Waals surface area contributed by atoms with Gasteiger partial charge in [0.05, 0.1) is 11.1 Å². The third-order valence-electron chi connectivity index (χ3n) is 3.54. The molecule has 0 saturated carbocycles. The summed E-state index contributed by atoms with van der Waals surface area (Å²) in [4.78, 5) is 12.0. The van der Waals surface area contributed by atoms with Crippen molar-refractivity contribution in [1.29, 1.82) is 0 Å². The first-order valence-corrected chi connectivity index (χ1v) is 9.57. The standard InChI is InChI=1S/C18H14ClN3O4S/c19-14-3-1-2-13(10-14)18(23)22-21-11-15-6-9-17(26-15)12-4-7-16(8-5-12)27(20,24)25/h1-11H,(H,22,23)(H2,20,24,25)/b21-11-. The van der Waals surface area contributed by atoms with Gasteiger partial charge in [-0.2, -0.15) is 5.10 Å². The molecule has 1 aromatic heterocycles. The monoisotopic (exact) mass is 403 g/mol. The van der Waals surface area contributed by atoms with Crippen molar-refractivity contribution in [3.05, 3.63) is 77.0 Å². The quantitative estimate of drug-likeness (QED) is 0.503. The normalized spacial score (nSPS) is 11.6. The second kappa shape index (κ2) is 7.75. The number of halogens is 1. The van der Waals surface area contributed by atoms with Gasteiger partial charge in [0, 0.05) is 16.1 Å². The molecular weight excluding hydrogens is 390 g/mol. The van der Waals surface area contributed by atoms with Gasteiger partial charge in [-0.05, 0) is 54.6 Å². The first-order chi connectivity index (χ1) is 12.8. The minimum Gasteiger partial charge on any atom is -0.455 e. The van der Waals surface area contributed by atoms with Gasteiger partial charge in [-0.3, -0.25) is 4.79 Å². The number of nitrogens with two attached hydrogens (primary N) is 1. The van der Waals surface area contributed by atoms with Gasteiger partial charge >= 0.3 is 0 Å². The Balaban J connectivity index is 1.67. The summed E-state index contributed by atoms with van der Waals surface area (Å²) in [5.41, 5.74) is 3.43. The molecule has 9 heteroatoms. The summed E-state index contributed by atoms with van der Waals surface area (Å²) >= 11 is 5.84. The summed E-state index contributed by atoms with van der Waals surface area (Å²) in [6.45, 7) is 0. The van der Waals surface area contributed by atoms with Gasteiger partial charge in [-0.1, -0.05) is 17.7 Å². The number of hydrogen-bond acceptors (Lipinski definition) is 5. The van der Waals surface area contributed by atoms with E-state index in [-0.39, 0.29) is 4.90 Å². The SMILES string of the molecule is NS(=O)(=O)c1ccc(-c2ccc(/C=N\NC(=O)c3cccc(Cl)c3)o2)cc1. The smallest absolute Gasteiger partial charge is 0.271 e. The van der Waals surface area contributed by atoms with E-state index in [2.05, 4.69) is 10.5 Å². The van der Waals surface area contributed by atoms with Gasteiger partial charge in [-0.15, -0.1) is 0 Å². The van der Waals surface area contributed by atoms with Crippen LogP contribution in [-0.2, 0) is 10.0 Å². The van der Waals surface area contributed by atoms with Gasteiger partial charge in [-0.25, -0.2) is 19.0 Å². The Morgan fingerprint density at radius 1 is 1.11 bits per heavy atom. The molecule has 0 bridgehead atoms. The summed E-state index contributed by atoms with van der Waals surface area (Å²) in [6, 6.07) is 15.8. The van der Waals surface area contributed by atoms with Crippen LogP contribution in [0.15, 0.2) is 75.1 Å². The molecule has 0 aliphatic rings. The maximum absolute atomic E-state index is 12.0. The second-order valence-electron chi connectivity index (χ2n) is 5.48. The molecule has 3 N–H and O–H groups in total. The van der Waals surface area contributed by atoms with Crippen LogP contribution in [0.5, 0.6) is 0 Å². The van der Waals surface area contributed by atoms with E-state index in [0.29, 0.717) is 27.7 Å². The van der Waals surface area contributed by atoms with Crippen molar-refractivity contribution >= 4 is 33.7 Å². The van der Waals surface area contributed by atoms with E-state index in [1.807, 2.05) is 0 Å². The van der Waals surface area contributed by atoms with E-state index in [1.54, 1.807) is 42.5 Å². The number of furan rings is 1. The van der Waals surface area contributed by atoms with Crippen molar-refractivity contribution in [2.45, 2.75) is 4.90 Å². The molecule has 1 amide bonds. The van der Waals surface area contributed by atoms with Crippen LogP contribution in [0.1, 0.15) is 16.1 Å². The van der Waals surface area contributed by atoms with Gasteiger partial charge in [0.15, 0.2) is 0 Å². The molecule has 0 saturated heterocycles. The van der Waals surface area contributed by atoms with E-state index >= 15 is 0 Å². The predicted molar refractivity (Wildman–Crippen MR) is 102 cm³/mol. The number of carbonyl (C=O) groups is 1. The largest absolute Gasteiger partial charge is 0.455 e. The third-order valence-corrected chi connectivity index (χ3v) is 4.70. The molecule has 27 heavy (non-hydrogen) atoms. The van der Waals surface area contributed by atoms with E-state index in [9.17, 15) is 13.2 Å². The fourth-order valence-electron chi connectivity index (χ4n) is 2.24. The van der Waals surface area contributed by atoms with Crippen LogP contribution in [0, 0.1) is 0 Å². The van der Waals surface area contributed by atoms with Crippen molar-refractivity contribution in [3.8, 4) is 11.3 Å². The highest BCUT2D eigenvalue weighted by Gasteiger charge is 2.09. The maximum atomic E-state index is 12.0. The summed E-state index contributed by atoms with van der Waals surface area (Å²) in [6.07, 6.45) is 1.35. The average molecular weight is 404 g/mol. The highest BCUT2D eigenvalue weighted by atomic mass is 35.5. The summed E-state index contributed by atoms with van der Waals surface area (Å²) in [5.74, 6) is 0.518. The second-order valence-corrected chi connectivity index (χ2v) is 7.48. The van der Waals surface area contributed by atoms with Crippen molar-refractivity contribution in [2.75, 3.05) is 0 Å². The van der Waals surface area contributed by atoms with Crippen LogP contribution >= 0.6 is 11.6 Å². The van der Waals surface area contributed by atoms with Gasteiger partial charge in [0.25, 0.3) is 5.91 Å². The molecule has 7 nitrogen and oxygen atoms in total. The number of benzene rings is 2. The zero-order valence-corrected chi connectivity index (χ0v) is 15.4. The number of hydrazone groups is 1. The Kier molecular flexibility index (Phi) is 5.41. The van der Waals surface area contributed by atoms with Crippen LogP contribution in [0.2, 0.25) is 5.02 Å². The Labute approximate surface area is 160 Å². The molecule has 0 aliphatic carbocycles. The summed E-state index contributed by atoms with van der Waals surface area (Å²) in [7, 11) is -3.74. The van der Waals surface area contributed by atoms with Crippen LogP contribution in [0.25, 0.3) is 11.3 Å². The molecule has 1 heterocycles. The molecule has 0 spiro atoms. The molecule has 2 aromatic carbocycles. The zero-order valence-electron chi connectivity index (χ0n) is 13.8. The number of nitrogens with one attached hydrogen (secondary N) is 1. The van der Waals surface area contributed by atoms with Gasteiger partial charge in [0.2, 0.25) is 10.0 Å². The fourth-order valence-corrected chi connectivity index (χ4v) is 2.94. The van der Waals surface area contributed by atoms with Crippen LogP contribution in [0.4, 0.5) is 0 Å². The van der Waals surface area contributed by atoms with Gasteiger partial charge in [0.1, 0.15) is 11.5 Å². The first kappa shape index (κ1) is 18.8. The Bertz CT molecular complexity index is 1110. The van der Waals surface area contributed by atoms with E-state index in [4.69, 9.17) is 21.2 Å². The molecule has 0 unspecified atom stereocenters. The van der Waals surface area contributed by atoms with E-state index in [0.717, 1.165) is 0 Å². The number of carbonyl (C=O) groups excluding carboxylic acids is 1. The minimum absolute atomic E-state index is 0.0170. The van der Waals surface area contributed by atoms with Crippen molar-refractivity contribution in [1.82, 2.24) is 5.43 Å². The van der Waals surface area contributed by atoms with Crippen molar-refractivity contribution < 1.29 is 17.6 Å². The van der Waals surface area contributed by atoms with Crippen LogP contribution in [-0.4, -0.2) is 20.5 Å². The summed E-state index contributed by atoms with van der Waals surface area (Å²) in [5, 5.41) is 9.37. The third kappa shape index (κ3) is 4.82. The van der Waals surface area contributed by atoms with Crippen LogP contribution < -0.4 is 10.6 Å². The number of sulfonamides is 1. The number of primary sulfonamides is 1. The van der Waals surface area contributed by atoms with Crippen LogP contribution in [0.3, 0.4) is 0 Å².